The lowest BCUT2D eigenvalue weighted by molar-refractivity contribution is 0.579. The number of rotatable bonds is 6. The average molecular weight is 236 g/mol. The first-order valence-electron chi connectivity index (χ1n) is 6.73. The van der Waals surface area contributed by atoms with E-state index in [-0.39, 0.29) is 0 Å². The van der Waals surface area contributed by atoms with Gasteiger partial charge in [-0.3, -0.25) is 4.68 Å². The molecule has 1 fully saturated rings. The van der Waals surface area contributed by atoms with Gasteiger partial charge < -0.3 is 11.1 Å². The maximum absolute atomic E-state index is 6.12. The first-order valence-corrected chi connectivity index (χ1v) is 6.73. The largest absolute Gasteiger partial charge is 0.394 e. The summed E-state index contributed by atoms with van der Waals surface area (Å²) in [5, 5.41) is 8.01. The second kappa shape index (κ2) is 4.98. The second-order valence-corrected chi connectivity index (χ2v) is 5.11. The molecule has 1 aliphatic carbocycles. The Balaban J connectivity index is 2.07. The van der Waals surface area contributed by atoms with Gasteiger partial charge in [-0.2, -0.15) is 5.10 Å². The molecule has 1 aromatic heterocycles. The predicted octanol–water partition coefficient (Wildman–Crippen LogP) is 2.56. The third kappa shape index (κ3) is 2.73. The van der Waals surface area contributed by atoms with E-state index in [1.807, 2.05) is 11.7 Å². The van der Waals surface area contributed by atoms with Crippen LogP contribution in [0.15, 0.2) is 0 Å². The lowest BCUT2D eigenvalue weighted by Gasteiger charge is -2.18. The first kappa shape index (κ1) is 12.3. The second-order valence-electron chi connectivity index (χ2n) is 5.11. The highest BCUT2D eigenvalue weighted by Crippen LogP contribution is 2.35. The molecule has 0 aliphatic heterocycles. The van der Waals surface area contributed by atoms with Gasteiger partial charge in [-0.15, -0.1) is 0 Å². The van der Waals surface area contributed by atoms with E-state index >= 15 is 0 Å². The van der Waals surface area contributed by atoms with Gasteiger partial charge in [0.2, 0.25) is 0 Å². The van der Waals surface area contributed by atoms with Gasteiger partial charge in [0.1, 0.15) is 5.82 Å². The van der Waals surface area contributed by atoms with Crippen molar-refractivity contribution < 1.29 is 0 Å². The number of nitrogens with zero attached hydrogens (tertiary/aromatic N) is 2. The zero-order chi connectivity index (χ0) is 12.4. The Hall–Kier alpha value is -1.19. The summed E-state index contributed by atoms with van der Waals surface area (Å²) in [6, 6.07) is 0.532. The van der Waals surface area contributed by atoms with Crippen LogP contribution >= 0.6 is 0 Å². The van der Waals surface area contributed by atoms with Crippen molar-refractivity contribution in [1.82, 2.24) is 9.78 Å². The summed E-state index contributed by atoms with van der Waals surface area (Å²) in [7, 11) is 1.96. The monoisotopic (exact) mass is 236 g/mol. The fraction of sp³-hybridized carbons (Fsp3) is 0.769. The molecule has 3 N–H and O–H groups in total. The summed E-state index contributed by atoms with van der Waals surface area (Å²) in [5.41, 5.74) is 7.94. The highest BCUT2D eigenvalue weighted by atomic mass is 15.3. The molecular formula is C13H24N4. The number of anilines is 2. The van der Waals surface area contributed by atoms with Crippen molar-refractivity contribution in [3.05, 3.63) is 5.69 Å². The van der Waals surface area contributed by atoms with Crippen LogP contribution in [0.1, 0.15) is 45.2 Å². The van der Waals surface area contributed by atoms with E-state index in [0.29, 0.717) is 6.04 Å². The van der Waals surface area contributed by atoms with Crippen molar-refractivity contribution in [2.45, 2.75) is 52.0 Å². The van der Waals surface area contributed by atoms with Crippen molar-refractivity contribution >= 4 is 11.5 Å². The number of hydrogen-bond donors (Lipinski definition) is 2. The van der Waals surface area contributed by atoms with Gasteiger partial charge in [0.05, 0.1) is 11.4 Å². The lowest BCUT2D eigenvalue weighted by atomic mass is 10.1. The van der Waals surface area contributed by atoms with Crippen molar-refractivity contribution in [2.75, 3.05) is 11.1 Å². The van der Waals surface area contributed by atoms with E-state index < -0.39 is 0 Å². The Morgan fingerprint density at radius 3 is 2.65 bits per heavy atom. The van der Waals surface area contributed by atoms with E-state index in [1.165, 1.54) is 19.3 Å². The molecule has 4 heteroatoms. The van der Waals surface area contributed by atoms with Gasteiger partial charge >= 0.3 is 0 Å². The van der Waals surface area contributed by atoms with Crippen molar-refractivity contribution in [1.29, 1.82) is 0 Å². The number of aromatic nitrogens is 2. The Morgan fingerprint density at radius 1 is 1.47 bits per heavy atom. The molecular weight excluding hydrogens is 212 g/mol. The summed E-state index contributed by atoms with van der Waals surface area (Å²) in [5.74, 6) is 1.93. The molecule has 0 radical (unpaired) electrons. The van der Waals surface area contributed by atoms with Crippen LogP contribution in [0, 0.1) is 5.92 Å². The molecule has 96 valence electrons. The highest BCUT2D eigenvalue weighted by molar-refractivity contribution is 5.65. The van der Waals surface area contributed by atoms with E-state index in [2.05, 4.69) is 24.3 Å². The predicted molar refractivity (Wildman–Crippen MR) is 72.0 cm³/mol. The number of nitrogens with one attached hydrogen (secondary N) is 1. The summed E-state index contributed by atoms with van der Waals surface area (Å²) < 4.78 is 1.88. The summed E-state index contributed by atoms with van der Waals surface area (Å²) in [4.78, 5) is 0. The van der Waals surface area contributed by atoms with E-state index in [9.17, 15) is 0 Å². The molecule has 0 amide bonds. The van der Waals surface area contributed by atoms with E-state index in [0.717, 1.165) is 36.0 Å². The third-order valence-electron chi connectivity index (χ3n) is 3.64. The van der Waals surface area contributed by atoms with Crippen molar-refractivity contribution in [3.63, 3.8) is 0 Å². The summed E-state index contributed by atoms with van der Waals surface area (Å²) in [6.07, 6.45) is 6.10. The van der Waals surface area contributed by atoms with Gasteiger partial charge in [-0.05, 0) is 25.2 Å². The minimum atomic E-state index is 0.532. The molecule has 17 heavy (non-hydrogen) atoms. The molecule has 0 bridgehead atoms. The molecule has 0 aromatic carbocycles. The number of nitrogens with two attached hydrogens (primary N) is 1. The molecule has 0 spiro atoms. The van der Waals surface area contributed by atoms with Crippen molar-refractivity contribution in [2.24, 2.45) is 13.0 Å². The van der Waals surface area contributed by atoms with Gasteiger partial charge in [-0.25, -0.2) is 0 Å². The molecule has 2 rings (SSSR count). The van der Waals surface area contributed by atoms with E-state index in [4.69, 9.17) is 5.73 Å². The maximum atomic E-state index is 6.12. The Bertz CT molecular complexity index is 379. The van der Waals surface area contributed by atoms with Crippen LogP contribution in [-0.4, -0.2) is 15.8 Å². The van der Waals surface area contributed by atoms with Gasteiger partial charge in [-0.1, -0.05) is 26.7 Å². The maximum Gasteiger partial charge on any atom is 0.147 e. The van der Waals surface area contributed by atoms with Crippen LogP contribution in [0.4, 0.5) is 11.5 Å². The zero-order valence-corrected chi connectivity index (χ0v) is 11.2. The molecule has 1 atom stereocenters. The molecule has 4 nitrogen and oxygen atoms in total. The smallest absolute Gasteiger partial charge is 0.147 e. The van der Waals surface area contributed by atoms with Crippen molar-refractivity contribution in [3.8, 4) is 0 Å². The third-order valence-corrected chi connectivity index (χ3v) is 3.64. The lowest BCUT2D eigenvalue weighted by Crippen LogP contribution is -2.21. The molecule has 1 unspecified atom stereocenters. The number of aryl methyl sites for hydroxylation is 2. The molecule has 1 aromatic rings. The fourth-order valence-electron chi connectivity index (χ4n) is 2.31. The minimum Gasteiger partial charge on any atom is -0.394 e. The highest BCUT2D eigenvalue weighted by Gasteiger charge is 2.25. The first-order chi connectivity index (χ1) is 8.15. The molecule has 1 heterocycles. The van der Waals surface area contributed by atoms with Gasteiger partial charge in [0, 0.05) is 13.1 Å². The SMILES string of the molecule is CCc1nn(C)c(NC(CC)CC2CC2)c1N. The normalized spacial score (nSPS) is 17.1. The Labute approximate surface area is 104 Å². The summed E-state index contributed by atoms with van der Waals surface area (Å²) >= 11 is 0. The number of nitrogen functional groups attached to an aromatic ring is 1. The van der Waals surface area contributed by atoms with E-state index in [1.54, 1.807) is 0 Å². The topological polar surface area (TPSA) is 55.9 Å². The number of hydrogen-bond acceptors (Lipinski definition) is 3. The average Bonchev–Trinajstić information content (AvgIpc) is 3.09. The Kier molecular flexibility index (Phi) is 3.60. The van der Waals surface area contributed by atoms with Crippen LogP contribution in [-0.2, 0) is 13.5 Å². The van der Waals surface area contributed by atoms with Crippen LogP contribution < -0.4 is 11.1 Å². The Morgan fingerprint density at radius 2 is 2.18 bits per heavy atom. The van der Waals surface area contributed by atoms with Crippen LogP contribution in [0.5, 0.6) is 0 Å². The van der Waals surface area contributed by atoms with Crippen LogP contribution in [0.25, 0.3) is 0 Å². The fourth-order valence-corrected chi connectivity index (χ4v) is 2.31. The zero-order valence-electron chi connectivity index (χ0n) is 11.2. The summed E-state index contributed by atoms with van der Waals surface area (Å²) in [6.45, 7) is 4.32. The van der Waals surface area contributed by atoms with Crippen LogP contribution in [0.3, 0.4) is 0 Å². The van der Waals surface area contributed by atoms with Gasteiger partial charge in [0.25, 0.3) is 0 Å². The molecule has 1 saturated carbocycles. The van der Waals surface area contributed by atoms with Crippen LogP contribution in [0.2, 0.25) is 0 Å². The minimum absolute atomic E-state index is 0.532. The quantitative estimate of drug-likeness (QED) is 0.798. The standard InChI is InChI=1S/C13H24N4/c1-4-10(8-9-6-7-9)15-13-12(14)11(5-2)16-17(13)3/h9-10,15H,4-8,14H2,1-3H3. The molecule has 0 saturated heterocycles. The van der Waals surface area contributed by atoms with Gasteiger partial charge in [0.15, 0.2) is 0 Å². The molecule has 1 aliphatic rings.